The van der Waals surface area contributed by atoms with Crippen LogP contribution in [0, 0.1) is 5.92 Å². The van der Waals surface area contributed by atoms with Gasteiger partial charge in [0.15, 0.2) is 0 Å². The van der Waals surface area contributed by atoms with Crippen LogP contribution in [0.5, 0.6) is 0 Å². The Kier molecular flexibility index (Phi) is 3.94. The van der Waals surface area contributed by atoms with Gasteiger partial charge in [0.05, 0.1) is 12.7 Å². The summed E-state index contributed by atoms with van der Waals surface area (Å²) in [6.45, 7) is 0.599. The quantitative estimate of drug-likeness (QED) is 0.428. The van der Waals surface area contributed by atoms with Crippen LogP contribution < -0.4 is 5.32 Å². The van der Waals surface area contributed by atoms with Crippen molar-refractivity contribution in [1.82, 2.24) is 5.32 Å². The molecule has 0 saturated carbocycles. The highest BCUT2D eigenvalue weighted by Crippen LogP contribution is 2.17. The van der Waals surface area contributed by atoms with Gasteiger partial charge in [0.25, 0.3) is 0 Å². The van der Waals surface area contributed by atoms with Crippen LogP contribution in [0.1, 0.15) is 12.8 Å². The molecule has 1 rings (SSSR count). The molecular formula is C8H17NO3. The fraction of sp³-hybridized carbons (Fsp3) is 1.00. The fourth-order valence-corrected chi connectivity index (χ4v) is 1.73. The van der Waals surface area contributed by atoms with E-state index in [1.54, 1.807) is 0 Å². The summed E-state index contributed by atoms with van der Waals surface area (Å²) in [4.78, 5) is 0. The zero-order valence-corrected chi connectivity index (χ0v) is 7.11. The molecule has 4 N–H and O–H groups in total. The van der Waals surface area contributed by atoms with Gasteiger partial charge in [-0.25, -0.2) is 0 Å². The number of aliphatic hydroxyl groups is 3. The summed E-state index contributed by atoms with van der Waals surface area (Å²) in [7, 11) is 0. The molecule has 0 bridgehead atoms. The van der Waals surface area contributed by atoms with E-state index in [9.17, 15) is 5.11 Å². The predicted molar refractivity (Wildman–Crippen MR) is 44.7 cm³/mol. The minimum Gasteiger partial charge on any atom is -0.396 e. The Labute approximate surface area is 72.2 Å². The highest BCUT2D eigenvalue weighted by atomic mass is 16.3. The molecule has 0 aliphatic carbocycles. The van der Waals surface area contributed by atoms with Crippen molar-refractivity contribution in [2.75, 3.05) is 19.8 Å². The van der Waals surface area contributed by atoms with Crippen molar-refractivity contribution in [3.8, 4) is 0 Å². The van der Waals surface area contributed by atoms with Crippen LogP contribution in [0.15, 0.2) is 0 Å². The highest BCUT2D eigenvalue weighted by Gasteiger charge is 2.29. The highest BCUT2D eigenvalue weighted by molar-refractivity contribution is 4.85. The smallest absolute Gasteiger partial charge is 0.0835 e. The van der Waals surface area contributed by atoms with Crippen molar-refractivity contribution >= 4 is 0 Å². The van der Waals surface area contributed by atoms with Crippen LogP contribution in [-0.2, 0) is 0 Å². The van der Waals surface area contributed by atoms with Gasteiger partial charge in [-0.3, -0.25) is 0 Å². The first-order valence-corrected chi connectivity index (χ1v) is 4.42. The van der Waals surface area contributed by atoms with E-state index in [1.807, 2.05) is 0 Å². The van der Waals surface area contributed by atoms with Gasteiger partial charge in [0, 0.05) is 18.6 Å². The normalized spacial score (nSPS) is 28.8. The largest absolute Gasteiger partial charge is 0.396 e. The van der Waals surface area contributed by atoms with Crippen molar-refractivity contribution in [3.63, 3.8) is 0 Å². The third-order valence-electron chi connectivity index (χ3n) is 2.51. The predicted octanol–water partition coefficient (Wildman–Crippen LogP) is -1.30. The second-order valence-corrected chi connectivity index (χ2v) is 3.30. The third kappa shape index (κ3) is 2.17. The monoisotopic (exact) mass is 175 g/mol. The summed E-state index contributed by atoms with van der Waals surface area (Å²) in [6, 6.07) is 0.164. The summed E-state index contributed by atoms with van der Waals surface area (Å²) < 4.78 is 0. The number of nitrogens with one attached hydrogen (secondary N) is 1. The molecule has 0 unspecified atom stereocenters. The number of hydrogen-bond acceptors (Lipinski definition) is 4. The van der Waals surface area contributed by atoms with Gasteiger partial charge in [0.2, 0.25) is 0 Å². The first-order chi connectivity index (χ1) is 5.79. The Bertz CT molecular complexity index is 125. The molecule has 1 aliphatic rings. The standard InChI is InChI=1S/C8H17NO3/c10-4-6(8(12)5-11)7-2-1-3-9-7/h6-12H,1-5H2/t6-,7-,8-/m0/s1. The van der Waals surface area contributed by atoms with E-state index in [4.69, 9.17) is 10.2 Å². The molecule has 0 amide bonds. The first kappa shape index (κ1) is 9.92. The fourth-order valence-electron chi connectivity index (χ4n) is 1.73. The molecule has 4 nitrogen and oxygen atoms in total. The topological polar surface area (TPSA) is 72.7 Å². The molecule has 72 valence electrons. The molecule has 0 aromatic heterocycles. The average Bonchev–Trinajstić information content (AvgIpc) is 2.58. The Morgan fingerprint density at radius 1 is 1.33 bits per heavy atom. The number of hydrogen-bond donors (Lipinski definition) is 4. The van der Waals surface area contributed by atoms with Crippen molar-refractivity contribution in [1.29, 1.82) is 0 Å². The molecule has 1 heterocycles. The lowest BCUT2D eigenvalue weighted by Crippen LogP contribution is -2.41. The molecule has 1 aliphatic heterocycles. The van der Waals surface area contributed by atoms with Gasteiger partial charge in [-0.15, -0.1) is 0 Å². The second-order valence-electron chi connectivity index (χ2n) is 3.30. The molecule has 4 heteroatoms. The maximum atomic E-state index is 9.33. The zero-order valence-electron chi connectivity index (χ0n) is 7.11. The molecular weight excluding hydrogens is 158 g/mol. The van der Waals surface area contributed by atoms with Crippen molar-refractivity contribution < 1.29 is 15.3 Å². The summed E-state index contributed by atoms with van der Waals surface area (Å²) in [5.41, 5.74) is 0. The van der Waals surface area contributed by atoms with Crippen molar-refractivity contribution in [2.24, 2.45) is 5.92 Å². The average molecular weight is 175 g/mol. The van der Waals surface area contributed by atoms with E-state index in [-0.39, 0.29) is 25.2 Å². The van der Waals surface area contributed by atoms with E-state index in [0.717, 1.165) is 19.4 Å². The lowest BCUT2D eigenvalue weighted by atomic mass is 9.94. The summed E-state index contributed by atoms with van der Waals surface area (Å²) in [5.74, 6) is -0.225. The molecule has 3 atom stereocenters. The molecule has 0 aromatic rings. The summed E-state index contributed by atoms with van der Waals surface area (Å²) in [6.07, 6.45) is 1.26. The third-order valence-corrected chi connectivity index (χ3v) is 2.51. The Hall–Kier alpha value is -0.160. The van der Waals surface area contributed by atoms with Crippen LogP contribution >= 0.6 is 0 Å². The van der Waals surface area contributed by atoms with Crippen LogP contribution in [0.4, 0.5) is 0 Å². The van der Waals surface area contributed by atoms with Gasteiger partial charge in [-0.2, -0.15) is 0 Å². The van der Waals surface area contributed by atoms with Crippen LogP contribution in [0.3, 0.4) is 0 Å². The summed E-state index contributed by atoms with van der Waals surface area (Å²) >= 11 is 0. The Morgan fingerprint density at radius 2 is 2.08 bits per heavy atom. The van der Waals surface area contributed by atoms with E-state index < -0.39 is 6.10 Å². The lowest BCUT2D eigenvalue weighted by molar-refractivity contribution is 0.00905. The Morgan fingerprint density at radius 3 is 2.50 bits per heavy atom. The number of rotatable bonds is 4. The molecule has 0 radical (unpaired) electrons. The van der Waals surface area contributed by atoms with Crippen molar-refractivity contribution in [3.05, 3.63) is 0 Å². The second kappa shape index (κ2) is 4.77. The maximum absolute atomic E-state index is 9.33. The van der Waals surface area contributed by atoms with Gasteiger partial charge in [0.1, 0.15) is 0 Å². The molecule has 1 fully saturated rings. The van der Waals surface area contributed by atoms with Crippen molar-refractivity contribution in [2.45, 2.75) is 25.0 Å². The number of aliphatic hydroxyl groups excluding tert-OH is 3. The van der Waals surface area contributed by atoms with E-state index in [0.29, 0.717) is 0 Å². The molecule has 12 heavy (non-hydrogen) atoms. The van der Waals surface area contributed by atoms with Gasteiger partial charge in [-0.05, 0) is 19.4 Å². The molecule has 0 spiro atoms. The summed E-state index contributed by atoms with van der Waals surface area (Å²) in [5, 5.41) is 30.2. The minimum absolute atomic E-state index is 0.0700. The maximum Gasteiger partial charge on any atom is 0.0835 e. The lowest BCUT2D eigenvalue weighted by Gasteiger charge is -2.25. The van der Waals surface area contributed by atoms with Crippen LogP contribution in [-0.4, -0.2) is 47.2 Å². The Balaban J connectivity index is 2.42. The van der Waals surface area contributed by atoms with Gasteiger partial charge in [-0.1, -0.05) is 0 Å². The van der Waals surface area contributed by atoms with E-state index >= 15 is 0 Å². The van der Waals surface area contributed by atoms with Crippen LogP contribution in [0.25, 0.3) is 0 Å². The SMILES string of the molecule is OC[C@@H]([C@@H]1CCCN1)[C@@H](O)CO. The van der Waals surface area contributed by atoms with E-state index in [2.05, 4.69) is 5.32 Å². The first-order valence-electron chi connectivity index (χ1n) is 4.42. The van der Waals surface area contributed by atoms with Gasteiger partial charge >= 0.3 is 0 Å². The minimum atomic E-state index is -0.800. The molecule has 1 saturated heterocycles. The van der Waals surface area contributed by atoms with Gasteiger partial charge < -0.3 is 20.6 Å². The van der Waals surface area contributed by atoms with E-state index in [1.165, 1.54) is 0 Å². The van der Waals surface area contributed by atoms with Crippen LogP contribution in [0.2, 0.25) is 0 Å². The molecule has 0 aromatic carbocycles. The zero-order chi connectivity index (χ0) is 8.97.